The number of carbonyl (C=O) groups is 1. The van der Waals surface area contributed by atoms with E-state index in [1.54, 1.807) is 0 Å². The Hall–Kier alpha value is -1.72. The number of amides is 1. The van der Waals surface area contributed by atoms with Crippen molar-refractivity contribution in [1.82, 2.24) is 9.03 Å². The number of halogens is 1. The molecule has 1 saturated heterocycles. The van der Waals surface area contributed by atoms with Crippen LogP contribution in [0.3, 0.4) is 0 Å². The van der Waals surface area contributed by atoms with Gasteiger partial charge in [-0.3, -0.25) is 4.79 Å². The van der Waals surface area contributed by atoms with Gasteiger partial charge in [0, 0.05) is 19.2 Å². The van der Waals surface area contributed by atoms with Crippen LogP contribution in [0.1, 0.15) is 60.4 Å². The van der Waals surface area contributed by atoms with Crippen LogP contribution in [0.2, 0.25) is 0 Å². The van der Waals surface area contributed by atoms with E-state index in [1.807, 2.05) is 4.72 Å². The lowest BCUT2D eigenvalue weighted by atomic mass is 9.99. The molecule has 172 valence electrons. The Bertz CT molecular complexity index is 1070. The fraction of sp³-hybridized carbons (Fsp3) is 0.650. The third-order valence-corrected chi connectivity index (χ3v) is 9.20. The second-order valence-corrected chi connectivity index (χ2v) is 12.7. The van der Waals surface area contributed by atoms with Crippen LogP contribution >= 0.6 is 0 Å². The first kappa shape index (κ1) is 22.5. The minimum absolute atomic E-state index is 0.153. The van der Waals surface area contributed by atoms with E-state index in [1.165, 1.54) is 16.6 Å². The predicted octanol–water partition coefficient (Wildman–Crippen LogP) is 1.98. The van der Waals surface area contributed by atoms with Crippen LogP contribution in [0.25, 0.3) is 0 Å². The SMILES string of the molecule is CS(=O)(=O)N1CCC(COc2cc(F)c(C(=O)NS(=O)(=O)C3CC3)cc2C2CC2)CC1. The van der Waals surface area contributed by atoms with Gasteiger partial charge in [-0.05, 0) is 62.0 Å². The molecule has 0 bridgehead atoms. The normalized spacial score (nSPS) is 21.1. The third-order valence-electron chi connectivity index (χ3n) is 6.08. The first-order valence-corrected chi connectivity index (χ1v) is 13.9. The topological polar surface area (TPSA) is 110 Å². The highest BCUT2D eigenvalue weighted by molar-refractivity contribution is 7.91. The van der Waals surface area contributed by atoms with Crippen LogP contribution < -0.4 is 9.46 Å². The number of hydrogen-bond acceptors (Lipinski definition) is 6. The molecule has 4 rings (SSSR count). The van der Waals surface area contributed by atoms with Crippen LogP contribution in [0.15, 0.2) is 12.1 Å². The molecule has 1 N–H and O–H groups in total. The summed E-state index contributed by atoms with van der Waals surface area (Å²) >= 11 is 0. The molecule has 1 aliphatic heterocycles. The van der Waals surface area contributed by atoms with Crippen molar-refractivity contribution < 1.29 is 30.8 Å². The zero-order valence-electron chi connectivity index (χ0n) is 17.3. The molecule has 0 atom stereocenters. The van der Waals surface area contributed by atoms with Gasteiger partial charge >= 0.3 is 0 Å². The van der Waals surface area contributed by atoms with E-state index in [0.29, 0.717) is 56.7 Å². The lowest BCUT2D eigenvalue weighted by molar-refractivity contribution is 0.0977. The van der Waals surface area contributed by atoms with Crippen LogP contribution in [-0.4, -0.2) is 58.3 Å². The van der Waals surface area contributed by atoms with Crippen molar-refractivity contribution in [2.75, 3.05) is 26.0 Å². The maximum atomic E-state index is 14.7. The summed E-state index contributed by atoms with van der Waals surface area (Å²) in [7, 11) is -6.96. The summed E-state index contributed by atoms with van der Waals surface area (Å²) in [4.78, 5) is 12.4. The van der Waals surface area contributed by atoms with Gasteiger partial charge in [0.25, 0.3) is 5.91 Å². The molecule has 0 spiro atoms. The molecule has 31 heavy (non-hydrogen) atoms. The molecule has 0 unspecified atom stereocenters. The molecule has 8 nitrogen and oxygen atoms in total. The summed E-state index contributed by atoms with van der Waals surface area (Å²) in [5.41, 5.74) is 0.420. The number of ether oxygens (including phenoxy) is 1. The first-order valence-electron chi connectivity index (χ1n) is 10.5. The Morgan fingerprint density at radius 1 is 1.10 bits per heavy atom. The summed E-state index contributed by atoms with van der Waals surface area (Å²) in [5.74, 6) is -1.10. The highest BCUT2D eigenvalue weighted by Gasteiger charge is 2.38. The standard InChI is InChI=1S/C20H27FN2O6S2/c1-30(25,26)23-8-6-13(7-9-23)12-29-19-11-18(21)17(10-16(19)14-2-3-14)20(24)22-31(27,28)15-4-5-15/h10-11,13-15H,2-9,12H2,1H3,(H,22,24). The summed E-state index contributed by atoms with van der Waals surface area (Å²) in [6.07, 6.45) is 5.33. The average molecular weight is 475 g/mol. The van der Waals surface area contributed by atoms with Crippen LogP contribution in [0.4, 0.5) is 4.39 Å². The number of sulfonamides is 2. The lowest BCUT2D eigenvalue weighted by Gasteiger charge is -2.30. The van der Waals surface area contributed by atoms with E-state index in [9.17, 15) is 26.0 Å². The van der Waals surface area contributed by atoms with Crippen molar-refractivity contribution in [2.45, 2.75) is 49.7 Å². The second-order valence-electron chi connectivity index (χ2n) is 8.74. The fourth-order valence-corrected chi connectivity index (χ4v) is 6.01. The smallest absolute Gasteiger partial charge is 0.267 e. The molecule has 1 amide bonds. The van der Waals surface area contributed by atoms with Gasteiger partial charge in [0.2, 0.25) is 20.0 Å². The lowest BCUT2D eigenvalue weighted by Crippen LogP contribution is -2.39. The molecule has 2 aliphatic carbocycles. The number of nitrogens with zero attached hydrogens (tertiary/aromatic N) is 1. The molecule has 1 heterocycles. The van der Waals surface area contributed by atoms with E-state index in [4.69, 9.17) is 4.74 Å². The summed E-state index contributed by atoms with van der Waals surface area (Å²) in [6, 6.07) is 2.57. The number of hydrogen-bond donors (Lipinski definition) is 1. The van der Waals surface area contributed by atoms with Gasteiger partial charge in [-0.1, -0.05) is 0 Å². The van der Waals surface area contributed by atoms with Gasteiger partial charge in [0.15, 0.2) is 0 Å². The predicted molar refractivity (Wildman–Crippen MR) is 112 cm³/mol. The van der Waals surface area contributed by atoms with Gasteiger partial charge < -0.3 is 4.74 Å². The Kier molecular flexibility index (Phi) is 6.04. The largest absolute Gasteiger partial charge is 0.493 e. The van der Waals surface area contributed by atoms with Gasteiger partial charge in [-0.15, -0.1) is 0 Å². The molecule has 0 aromatic heterocycles. The minimum Gasteiger partial charge on any atom is -0.493 e. The van der Waals surface area contributed by atoms with Crippen molar-refractivity contribution in [3.63, 3.8) is 0 Å². The van der Waals surface area contributed by atoms with Gasteiger partial charge in [0.1, 0.15) is 11.6 Å². The van der Waals surface area contributed by atoms with E-state index in [0.717, 1.165) is 18.9 Å². The zero-order valence-corrected chi connectivity index (χ0v) is 19.0. The molecule has 0 radical (unpaired) electrons. The van der Waals surface area contributed by atoms with E-state index in [2.05, 4.69) is 0 Å². The minimum atomic E-state index is -3.76. The molecular weight excluding hydrogens is 447 g/mol. The van der Waals surface area contributed by atoms with Crippen LogP contribution in [-0.2, 0) is 20.0 Å². The number of carbonyl (C=O) groups excluding carboxylic acids is 1. The number of piperidine rings is 1. The number of nitrogens with one attached hydrogen (secondary N) is 1. The highest BCUT2D eigenvalue weighted by Crippen LogP contribution is 2.45. The van der Waals surface area contributed by atoms with Crippen molar-refractivity contribution in [3.05, 3.63) is 29.1 Å². The Labute approximate surface area is 182 Å². The van der Waals surface area contributed by atoms with E-state index < -0.39 is 37.0 Å². The van der Waals surface area contributed by atoms with Crippen LogP contribution in [0, 0.1) is 11.7 Å². The summed E-state index contributed by atoms with van der Waals surface area (Å²) in [6.45, 7) is 1.20. The number of rotatable bonds is 8. The quantitative estimate of drug-likeness (QED) is 0.617. The third kappa shape index (κ3) is 5.38. The maximum absolute atomic E-state index is 14.7. The molecule has 2 saturated carbocycles. The molecule has 1 aromatic carbocycles. The van der Waals surface area contributed by atoms with Crippen molar-refractivity contribution in [1.29, 1.82) is 0 Å². The Balaban J connectivity index is 1.44. The van der Waals surface area contributed by atoms with Gasteiger partial charge in [-0.2, -0.15) is 0 Å². The fourth-order valence-electron chi connectivity index (χ4n) is 3.85. The Morgan fingerprint density at radius 2 is 1.74 bits per heavy atom. The average Bonchev–Trinajstić information content (AvgIpc) is 3.57. The van der Waals surface area contributed by atoms with E-state index in [-0.39, 0.29) is 17.4 Å². The maximum Gasteiger partial charge on any atom is 0.267 e. The van der Waals surface area contributed by atoms with E-state index >= 15 is 0 Å². The summed E-state index contributed by atoms with van der Waals surface area (Å²) in [5, 5.41) is -0.570. The molecule has 3 aliphatic rings. The second kappa shape index (κ2) is 8.32. The van der Waals surface area contributed by atoms with Crippen molar-refractivity contribution in [3.8, 4) is 5.75 Å². The molecular formula is C20H27FN2O6S2. The van der Waals surface area contributed by atoms with Crippen molar-refractivity contribution in [2.24, 2.45) is 5.92 Å². The van der Waals surface area contributed by atoms with Gasteiger partial charge in [-0.25, -0.2) is 30.3 Å². The summed E-state index contributed by atoms with van der Waals surface area (Å²) < 4.78 is 71.4. The molecule has 3 fully saturated rings. The van der Waals surface area contributed by atoms with Gasteiger partial charge in [0.05, 0.1) is 23.7 Å². The first-order chi connectivity index (χ1) is 14.5. The molecule has 1 aromatic rings. The van der Waals surface area contributed by atoms with Crippen LogP contribution in [0.5, 0.6) is 5.75 Å². The van der Waals surface area contributed by atoms with Crippen molar-refractivity contribution >= 4 is 26.0 Å². The Morgan fingerprint density at radius 3 is 2.29 bits per heavy atom. The zero-order chi connectivity index (χ0) is 22.4. The number of benzene rings is 1. The highest BCUT2D eigenvalue weighted by atomic mass is 32.2. The monoisotopic (exact) mass is 474 g/mol. The molecule has 11 heteroatoms.